The maximum Gasteiger partial charge on any atom is 0.350 e. The Labute approximate surface area is 113 Å². The van der Waals surface area contributed by atoms with Crippen molar-refractivity contribution >= 4 is 17.5 Å². The molecule has 0 atom stereocenters. The second-order valence-corrected chi connectivity index (χ2v) is 4.22. The summed E-state index contributed by atoms with van der Waals surface area (Å²) >= 11 is 0. The van der Waals surface area contributed by atoms with Crippen molar-refractivity contribution in [1.29, 1.82) is 0 Å². The van der Waals surface area contributed by atoms with Gasteiger partial charge in [-0.25, -0.2) is 9.48 Å². The summed E-state index contributed by atoms with van der Waals surface area (Å²) in [5, 5.41) is 15.0. The number of rotatable bonds is 6. The average Bonchev–Trinajstić information content (AvgIpc) is 2.72. The molecule has 0 saturated carbocycles. The maximum absolute atomic E-state index is 11.9. The van der Waals surface area contributed by atoms with Crippen molar-refractivity contribution in [1.82, 2.24) is 19.5 Å². The first-order valence-electron chi connectivity index (χ1n) is 6.10. The summed E-state index contributed by atoms with van der Waals surface area (Å²) in [5.74, 6) is -1.28. The molecule has 0 aliphatic heterocycles. The quantitative estimate of drug-likeness (QED) is 0.691. The highest BCUT2D eigenvalue weighted by molar-refractivity contribution is 5.75. The maximum atomic E-state index is 11.9. The van der Waals surface area contributed by atoms with E-state index in [-0.39, 0.29) is 31.1 Å². The van der Waals surface area contributed by atoms with Gasteiger partial charge in [0.15, 0.2) is 5.65 Å². The fourth-order valence-corrected chi connectivity index (χ4v) is 1.73. The molecule has 2 N–H and O–H groups in total. The standard InChI is InChI=1S/C12H14N4O4/c17-10(13-6-3-5-11(18)19)8-16-12(20)15-7-2-1-4-9(15)14-16/h1-2,4,7H,3,5-6,8H2,(H,13,17)(H,18,19). The molecule has 2 aromatic rings. The van der Waals surface area contributed by atoms with E-state index >= 15 is 0 Å². The van der Waals surface area contributed by atoms with Gasteiger partial charge in [0.05, 0.1) is 0 Å². The van der Waals surface area contributed by atoms with Crippen molar-refractivity contribution in [3.8, 4) is 0 Å². The number of aliphatic carboxylic acids is 1. The minimum absolute atomic E-state index is 0.00536. The van der Waals surface area contributed by atoms with Gasteiger partial charge in [0.1, 0.15) is 6.54 Å². The van der Waals surface area contributed by atoms with Crippen molar-refractivity contribution in [2.24, 2.45) is 0 Å². The van der Waals surface area contributed by atoms with Crippen LogP contribution in [0.1, 0.15) is 12.8 Å². The molecule has 0 aromatic carbocycles. The number of fused-ring (bicyclic) bond motifs is 1. The highest BCUT2D eigenvalue weighted by Gasteiger charge is 2.09. The van der Waals surface area contributed by atoms with Crippen molar-refractivity contribution < 1.29 is 14.7 Å². The topological polar surface area (TPSA) is 106 Å². The fraction of sp³-hybridized carbons (Fsp3) is 0.333. The summed E-state index contributed by atoms with van der Waals surface area (Å²) in [6.07, 6.45) is 1.92. The predicted octanol–water partition coefficient (Wildman–Crippen LogP) is -0.523. The third-order valence-corrected chi connectivity index (χ3v) is 2.67. The molecule has 2 aromatic heterocycles. The lowest BCUT2D eigenvalue weighted by Crippen LogP contribution is -2.33. The molecule has 106 valence electrons. The van der Waals surface area contributed by atoms with Gasteiger partial charge in [0.25, 0.3) is 0 Å². The van der Waals surface area contributed by atoms with Gasteiger partial charge in [-0.15, -0.1) is 5.10 Å². The molecule has 0 aliphatic rings. The van der Waals surface area contributed by atoms with Crippen molar-refractivity contribution in [2.45, 2.75) is 19.4 Å². The first-order valence-corrected chi connectivity index (χ1v) is 6.10. The molecule has 0 spiro atoms. The molecule has 0 unspecified atom stereocenters. The highest BCUT2D eigenvalue weighted by Crippen LogP contribution is 1.94. The molecule has 8 heteroatoms. The van der Waals surface area contributed by atoms with E-state index in [1.165, 1.54) is 4.40 Å². The van der Waals surface area contributed by atoms with Crippen LogP contribution in [0, 0.1) is 0 Å². The molecule has 1 amide bonds. The van der Waals surface area contributed by atoms with E-state index < -0.39 is 5.97 Å². The number of carboxylic acids is 1. The average molecular weight is 278 g/mol. The molecular weight excluding hydrogens is 264 g/mol. The van der Waals surface area contributed by atoms with Gasteiger partial charge < -0.3 is 10.4 Å². The van der Waals surface area contributed by atoms with Gasteiger partial charge in [0.2, 0.25) is 5.91 Å². The first-order chi connectivity index (χ1) is 9.58. The van der Waals surface area contributed by atoms with E-state index in [1.54, 1.807) is 24.4 Å². The number of carboxylic acid groups (broad SMARTS) is 1. The number of hydrogen-bond donors (Lipinski definition) is 2. The molecule has 0 radical (unpaired) electrons. The van der Waals surface area contributed by atoms with Gasteiger partial charge in [-0.3, -0.25) is 14.0 Å². The van der Waals surface area contributed by atoms with E-state index in [2.05, 4.69) is 10.4 Å². The van der Waals surface area contributed by atoms with E-state index in [1.807, 2.05) is 0 Å². The molecule has 2 rings (SSSR count). The number of pyridine rings is 1. The van der Waals surface area contributed by atoms with Crippen LogP contribution < -0.4 is 11.0 Å². The van der Waals surface area contributed by atoms with Crippen LogP contribution in [0.5, 0.6) is 0 Å². The van der Waals surface area contributed by atoms with E-state index in [9.17, 15) is 14.4 Å². The molecule has 0 aliphatic carbocycles. The Hall–Kier alpha value is -2.64. The Kier molecular flexibility index (Phi) is 4.14. The second-order valence-electron chi connectivity index (χ2n) is 4.22. The number of carbonyl (C=O) groups excluding carboxylic acids is 1. The lowest BCUT2D eigenvalue weighted by molar-refractivity contribution is -0.137. The number of carbonyl (C=O) groups is 2. The zero-order valence-electron chi connectivity index (χ0n) is 10.7. The zero-order valence-corrected chi connectivity index (χ0v) is 10.7. The number of amides is 1. The number of nitrogens with zero attached hydrogens (tertiary/aromatic N) is 3. The van der Waals surface area contributed by atoms with Crippen LogP contribution in [0.2, 0.25) is 0 Å². The van der Waals surface area contributed by atoms with Crippen LogP contribution in [0.25, 0.3) is 5.65 Å². The highest BCUT2D eigenvalue weighted by atomic mass is 16.4. The summed E-state index contributed by atoms with van der Waals surface area (Å²) in [4.78, 5) is 33.8. The molecule has 2 heterocycles. The van der Waals surface area contributed by atoms with Crippen LogP contribution in [0.4, 0.5) is 0 Å². The summed E-state index contributed by atoms with van der Waals surface area (Å²) in [6.45, 7) is 0.0703. The smallest absolute Gasteiger partial charge is 0.350 e. The monoisotopic (exact) mass is 278 g/mol. The molecule has 0 bridgehead atoms. The van der Waals surface area contributed by atoms with Crippen LogP contribution >= 0.6 is 0 Å². The van der Waals surface area contributed by atoms with Gasteiger partial charge in [-0.2, -0.15) is 0 Å². The summed E-state index contributed by atoms with van der Waals surface area (Å²) < 4.78 is 2.42. The predicted molar refractivity (Wildman–Crippen MR) is 69.3 cm³/mol. The molecule has 0 fully saturated rings. The molecule has 0 saturated heterocycles. The Morgan fingerprint density at radius 3 is 2.85 bits per heavy atom. The third kappa shape index (κ3) is 3.22. The summed E-state index contributed by atoms with van der Waals surface area (Å²) in [5.41, 5.74) is 0.0810. The number of aromatic nitrogens is 3. The Bertz CT molecular complexity index is 688. The molecule has 20 heavy (non-hydrogen) atoms. The minimum atomic E-state index is -0.907. The van der Waals surface area contributed by atoms with E-state index in [4.69, 9.17) is 5.11 Å². The SMILES string of the molecule is O=C(O)CCCNC(=O)Cn1nc2ccccn2c1=O. The van der Waals surface area contributed by atoms with Gasteiger partial charge in [-0.1, -0.05) is 6.07 Å². The molecule has 8 nitrogen and oxygen atoms in total. The second kappa shape index (κ2) is 6.00. The van der Waals surface area contributed by atoms with Crippen molar-refractivity contribution in [2.75, 3.05) is 6.54 Å². The largest absolute Gasteiger partial charge is 0.481 e. The van der Waals surface area contributed by atoms with Crippen LogP contribution in [0.3, 0.4) is 0 Å². The summed E-state index contributed by atoms with van der Waals surface area (Å²) in [6, 6.07) is 5.12. The zero-order chi connectivity index (χ0) is 14.5. The Balaban J connectivity index is 1.95. The Morgan fingerprint density at radius 1 is 1.35 bits per heavy atom. The lowest BCUT2D eigenvalue weighted by Gasteiger charge is -2.03. The van der Waals surface area contributed by atoms with Gasteiger partial charge >= 0.3 is 11.7 Å². The Morgan fingerprint density at radius 2 is 2.15 bits per heavy atom. The minimum Gasteiger partial charge on any atom is -0.481 e. The lowest BCUT2D eigenvalue weighted by atomic mass is 10.3. The third-order valence-electron chi connectivity index (χ3n) is 2.67. The number of hydrogen-bond acceptors (Lipinski definition) is 4. The van der Waals surface area contributed by atoms with Crippen molar-refractivity contribution in [3.05, 3.63) is 34.9 Å². The van der Waals surface area contributed by atoms with Crippen molar-refractivity contribution in [3.63, 3.8) is 0 Å². The molecular formula is C12H14N4O4. The van der Waals surface area contributed by atoms with Crippen LogP contribution in [-0.4, -0.2) is 37.7 Å². The fourth-order valence-electron chi connectivity index (χ4n) is 1.73. The van der Waals surface area contributed by atoms with E-state index in [0.717, 1.165) is 4.68 Å². The first kappa shape index (κ1) is 13.8. The van der Waals surface area contributed by atoms with Gasteiger partial charge in [0, 0.05) is 19.2 Å². The van der Waals surface area contributed by atoms with Crippen LogP contribution in [-0.2, 0) is 16.1 Å². The summed E-state index contributed by atoms with van der Waals surface area (Å²) in [7, 11) is 0. The normalized spacial score (nSPS) is 10.6. The van der Waals surface area contributed by atoms with Crippen LogP contribution in [0.15, 0.2) is 29.2 Å². The van der Waals surface area contributed by atoms with Gasteiger partial charge in [-0.05, 0) is 18.6 Å². The van der Waals surface area contributed by atoms with E-state index in [0.29, 0.717) is 12.1 Å². The number of nitrogens with one attached hydrogen (secondary N) is 1.